The van der Waals surface area contributed by atoms with Gasteiger partial charge >= 0.3 is 7.12 Å². The number of hydrogen-bond acceptors (Lipinski definition) is 6. The van der Waals surface area contributed by atoms with Crippen LogP contribution in [0.3, 0.4) is 0 Å². The number of rotatable bonds is 9. The molecule has 0 radical (unpaired) electrons. The Labute approximate surface area is 210 Å². The van der Waals surface area contributed by atoms with Crippen LogP contribution in [-0.2, 0) is 16.1 Å². The van der Waals surface area contributed by atoms with E-state index in [1.165, 1.54) is 0 Å². The fraction of sp³-hybridized carbons (Fsp3) is 0.296. The molecule has 0 fully saturated rings. The van der Waals surface area contributed by atoms with E-state index < -0.39 is 24.6 Å². The first-order chi connectivity index (χ1) is 17.3. The normalized spacial score (nSPS) is 17.9. The van der Waals surface area contributed by atoms with Crippen LogP contribution in [0.2, 0.25) is 0 Å². The summed E-state index contributed by atoms with van der Waals surface area (Å²) in [6.45, 7) is 3.69. The predicted octanol–water partition coefficient (Wildman–Crippen LogP) is 2.48. The van der Waals surface area contributed by atoms with Gasteiger partial charge in [0.15, 0.2) is 0 Å². The first-order valence-electron chi connectivity index (χ1n) is 12.0. The number of fused-ring (bicyclic) bond motifs is 1. The van der Waals surface area contributed by atoms with Crippen molar-refractivity contribution in [2.45, 2.75) is 38.2 Å². The molecule has 2 amide bonds. The molecule has 0 saturated carbocycles. The van der Waals surface area contributed by atoms with Crippen molar-refractivity contribution in [1.29, 1.82) is 0 Å². The Hall–Kier alpha value is -3.69. The summed E-state index contributed by atoms with van der Waals surface area (Å²) >= 11 is 0. The van der Waals surface area contributed by atoms with E-state index in [2.05, 4.69) is 15.8 Å². The highest BCUT2D eigenvalue weighted by Gasteiger charge is 2.48. The molecule has 0 aliphatic carbocycles. The first kappa shape index (κ1) is 25.4. The lowest BCUT2D eigenvalue weighted by Crippen LogP contribution is -2.57. The Bertz CT molecular complexity index is 1250. The van der Waals surface area contributed by atoms with Crippen LogP contribution < -0.4 is 10.6 Å². The van der Waals surface area contributed by atoms with E-state index in [1.807, 2.05) is 66.7 Å². The standard InChI is InChI=1S/C27H30BN3O5/c1-18(2)24(28(34)35)30-26(33)27(15-19-9-4-3-5-10-19)16-21(31-36-27)17-29-25(32)23-14-8-12-20-11-6-7-13-22(20)23/h3-14,18,24,34-35H,15-17H2,1-2H3,(H,29,32)(H,30,33). The lowest BCUT2D eigenvalue weighted by molar-refractivity contribution is -0.144. The van der Waals surface area contributed by atoms with E-state index in [1.54, 1.807) is 19.9 Å². The number of carbonyl (C=O) groups is 2. The van der Waals surface area contributed by atoms with Gasteiger partial charge in [0.2, 0.25) is 5.60 Å². The largest absolute Gasteiger partial charge is 0.475 e. The van der Waals surface area contributed by atoms with Crippen molar-refractivity contribution in [3.05, 3.63) is 83.9 Å². The van der Waals surface area contributed by atoms with E-state index in [9.17, 15) is 19.6 Å². The minimum Gasteiger partial charge on any atom is -0.426 e. The molecule has 4 rings (SSSR count). The van der Waals surface area contributed by atoms with Crippen molar-refractivity contribution in [3.63, 3.8) is 0 Å². The predicted molar refractivity (Wildman–Crippen MR) is 139 cm³/mol. The highest BCUT2D eigenvalue weighted by Crippen LogP contribution is 2.29. The topological polar surface area (TPSA) is 120 Å². The molecule has 3 aromatic rings. The molecule has 0 saturated heterocycles. The number of hydrogen-bond donors (Lipinski definition) is 4. The zero-order valence-electron chi connectivity index (χ0n) is 20.3. The summed E-state index contributed by atoms with van der Waals surface area (Å²) in [6.07, 6.45) is 0.381. The Kier molecular flexibility index (Phi) is 7.71. The summed E-state index contributed by atoms with van der Waals surface area (Å²) in [6, 6.07) is 22.6. The van der Waals surface area contributed by atoms with Crippen LogP contribution in [0.5, 0.6) is 0 Å². The van der Waals surface area contributed by atoms with Crippen LogP contribution in [0.25, 0.3) is 10.8 Å². The maximum atomic E-state index is 13.4. The molecular weight excluding hydrogens is 457 g/mol. The van der Waals surface area contributed by atoms with Crippen LogP contribution in [0.1, 0.15) is 36.2 Å². The Balaban J connectivity index is 1.49. The molecule has 0 spiro atoms. The second kappa shape index (κ2) is 10.9. The molecular formula is C27H30BN3O5. The smallest absolute Gasteiger partial charge is 0.426 e. The monoisotopic (exact) mass is 487 g/mol. The quantitative estimate of drug-likeness (QED) is 0.346. The second-order valence-corrected chi connectivity index (χ2v) is 9.45. The van der Waals surface area contributed by atoms with Crippen molar-refractivity contribution >= 4 is 35.4 Å². The molecule has 4 N–H and O–H groups in total. The van der Waals surface area contributed by atoms with Gasteiger partial charge in [-0.05, 0) is 28.3 Å². The highest BCUT2D eigenvalue weighted by atomic mass is 16.7. The van der Waals surface area contributed by atoms with Gasteiger partial charge < -0.3 is 25.5 Å². The average Bonchev–Trinajstić information content (AvgIpc) is 3.29. The lowest BCUT2D eigenvalue weighted by atomic mass is 9.72. The number of benzene rings is 3. The summed E-state index contributed by atoms with van der Waals surface area (Å²) in [5.74, 6) is -1.83. The van der Waals surface area contributed by atoms with Crippen LogP contribution in [0.15, 0.2) is 78.0 Å². The lowest BCUT2D eigenvalue weighted by Gasteiger charge is -2.29. The van der Waals surface area contributed by atoms with Crippen LogP contribution >= 0.6 is 0 Å². The summed E-state index contributed by atoms with van der Waals surface area (Å²) in [5, 5.41) is 31.1. The van der Waals surface area contributed by atoms with Crippen molar-refractivity contribution in [2.24, 2.45) is 11.1 Å². The maximum absolute atomic E-state index is 13.4. The van der Waals surface area contributed by atoms with Crippen LogP contribution in [0.4, 0.5) is 0 Å². The van der Waals surface area contributed by atoms with Gasteiger partial charge in [-0.15, -0.1) is 0 Å². The molecule has 0 aromatic heterocycles. The summed E-state index contributed by atoms with van der Waals surface area (Å²) in [7, 11) is -1.72. The summed E-state index contributed by atoms with van der Waals surface area (Å²) in [5.41, 5.74) is 0.565. The number of nitrogens with one attached hydrogen (secondary N) is 2. The molecule has 1 aliphatic heterocycles. The van der Waals surface area contributed by atoms with E-state index in [0.717, 1.165) is 16.3 Å². The summed E-state index contributed by atoms with van der Waals surface area (Å²) in [4.78, 5) is 32.1. The van der Waals surface area contributed by atoms with Crippen molar-refractivity contribution < 1.29 is 24.5 Å². The number of oxime groups is 1. The van der Waals surface area contributed by atoms with Gasteiger partial charge in [-0.25, -0.2) is 0 Å². The van der Waals surface area contributed by atoms with Crippen LogP contribution in [0, 0.1) is 5.92 Å². The van der Waals surface area contributed by atoms with E-state index in [0.29, 0.717) is 11.3 Å². The first-order valence-corrected chi connectivity index (χ1v) is 12.0. The van der Waals surface area contributed by atoms with Gasteiger partial charge in [0, 0.05) is 18.4 Å². The molecule has 3 aromatic carbocycles. The van der Waals surface area contributed by atoms with Gasteiger partial charge in [-0.1, -0.05) is 85.7 Å². The van der Waals surface area contributed by atoms with E-state index in [-0.39, 0.29) is 31.2 Å². The molecule has 2 unspecified atom stereocenters. The van der Waals surface area contributed by atoms with Crippen molar-refractivity contribution in [3.8, 4) is 0 Å². The van der Waals surface area contributed by atoms with Crippen LogP contribution in [-0.4, -0.2) is 52.8 Å². The third kappa shape index (κ3) is 5.58. The SMILES string of the molecule is CC(C)C(NC(=O)C1(Cc2ccccc2)CC(CNC(=O)c2cccc3ccccc23)=NO1)B(O)O. The fourth-order valence-electron chi connectivity index (χ4n) is 4.43. The maximum Gasteiger partial charge on any atom is 0.475 e. The molecule has 1 aliphatic rings. The second-order valence-electron chi connectivity index (χ2n) is 9.45. The number of amides is 2. The average molecular weight is 487 g/mol. The molecule has 8 nitrogen and oxygen atoms in total. The van der Waals surface area contributed by atoms with Gasteiger partial charge in [0.25, 0.3) is 11.8 Å². The van der Waals surface area contributed by atoms with Gasteiger partial charge in [0.1, 0.15) is 0 Å². The number of nitrogens with zero attached hydrogens (tertiary/aromatic N) is 1. The zero-order chi connectivity index (χ0) is 25.7. The molecule has 0 bridgehead atoms. The van der Waals surface area contributed by atoms with Crippen molar-refractivity contribution in [1.82, 2.24) is 10.6 Å². The van der Waals surface area contributed by atoms with Crippen molar-refractivity contribution in [2.75, 3.05) is 6.54 Å². The molecule has 1 heterocycles. The minimum absolute atomic E-state index is 0.113. The Morgan fingerprint density at radius 3 is 2.44 bits per heavy atom. The minimum atomic E-state index is -1.72. The molecule has 9 heteroatoms. The fourth-order valence-corrected chi connectivity index (χ4v) is 4.43. The Morgan fingerprint density at radius 1 is 1.03 bits per heavy atom. The third-order valence-corrected chi connectivity index (χ3v) is 6.41. The van der Waals surface area contributed by atoms with Gasteiger partial charge in [-0.3, -0.25) is 9.59 Å². The summed E-state index contributed by atoms with van der Waals surface area (Å²) < 4.78 is 0. The van der Waals surface area contributed by atoms with Gasteiger partial charge in [-0.2, -0.15) is 0 Å². The van der Waals surface area contributed by atoms with Gasteiger partial charge in [0.05, 0.1) is 18.2 Å². The molecule has 36 heavy (non-hydrogen) atoms. The highest BCUT2D eigenvalue weighted by molar-refractivity contribution is 6.43. The van der Waals surface area contributed by atoms with E-state index >= 15 is 0 Å². The van der Waals surface area contributed by atoms with E-state index in [4.69, 9.17) is 4.84 Å². The third-order valence-electron chi connectivity index (χ3n) is 6.41. The molecule has 186 valence electrons. The Morgan fingerprint density at radius 2 is 1.72 bits per heavy atom. The number of carbonyl (C=O) groups excluding carboxylic acids is 2. The molecule has 2 atom stereocenters. The zero-order valence-corrected chi connectivity index (χ0v) is 20.3.